The predicted octanol–water partition coefficient (Wildman–Crippen LogP) is 4.65. The zero-order chi connectivity index (χ0) is 17.4. The molecule has 0 aliphatic carbocycles. The Morgan fingerprint density at radius 1 is 1.20 bits per heavy atom. The molecular formula is C21H25NO3. The van der Waals surface area contributed by atoms with E-state index in [0.717, 1.165) is 35.8 Å². The van der Waals surface area contributed by atoms with Crippen molar-refractivity contribution in [1.29, 1.82) is 0 Å². The molecule has 25 heavy (non-hydrogen) atoms. The van der Waals surface area contributed by atoms with E-state index in [9.17, 15) is 0 Å². The third kappa shape index (κ3) is 2.74. The monoisotopic (exact) mass is 339 g/mol. The topological polar surface area (TPSA) is 39.7 Å². The van der Waals surface area contributed by atoms with Gasteiger partial charge in [0.05, 0.1) is 25.9 Å². The van der Waals surface area contributed by atoms with Gasteiger partial charge in [-0.1, -0.05) is 29.8 Å². The van der Waals surface area contributed by atoms with Gasteiger partial charge in [0.25, 0.3) is 0 Å². The van der Waals surface area contributed by atoms with Gasteiger partial charge in [0.2, 0.25) is 0 Å². The van der Waals surface area contributed by atoms with Crippen LogP contribution in [-0.2, 0) is 4.74 Å². The predicted molar refractivity (Wildman–Crippen MR) is 98.5 cm³/mol. The summed E-state index contributed by atoms with van der Waals surface area (Å²) >= 11 is 0. The van der Waals surface area contributed by atoms with Crippen LogP contribution in [0.4, 0.5) is 5.69 Å². The zero-order valence-corrected chi connectivity index (χ0v) is 15.0. The van der Waals surface area contributed by atoms with E-state index in [-0.39, 0.29) is 12.1 Å². The van der Waals surface area contributed by atoms with Crippen molar-refractivity contribution in [2.45, 2.75) is 32.4 Å². The summed E-state index contributed by atoms with van der Waals surface area (Å²) < 4.78 is 17.6. The van der Waals surface area contributed by atoms with Crippen molar-refractivity contribution in [3.05, 3.63) is 53.1 Å². The van der Waals surface area contributed by atoms with Gasteiger partial charge in [-0.05, 0) is 32.4 Å². The summed E-state index contributed by atoms with van der Waals surface area (Å²) in [5, 5.41) is 3.74. The van der Waals surface area contributed by atoms with Crippen LogP contribution < -0.4 is 14.8 Å². The normalized spacial score (nSPS) is 24.2. The number of para-hydroxylation sites is 1. The van der Waals surface area contributed by atoms with Crippen molar-refractivity contribution in [3.8, 4) is 11.5 Å². The quantitative estimate of drug-likeness (QED) is 0.880. The number of fused-ring (bicyclic) bond motifs is 3. The second kappa shape index (κ2) is 6.60. The van der Waals surface area contributed by atoms with Crippen molar-refractivity contribution >= 4 is 5.69 Å². The first-order valence-corrected chi connectivity index (χ1v) is 9.01. The smallest absolute Gasteiger partial charge is 0.165 e. The average Bonchev–Trinajstić information content (AvgIpc) is 3.11. The van der Waals surface area contributed by atoms with Crippen LogP contribution >= 0.6 is 0 Å². The second-order valence-electron chi connectivity index (χ2n) is 6.77. The molecule has 0 spiro atoms. The molecule has 2 aromatic rings. The van der Waals surface area contributed by atoms with E-state index in [4.69, 9.17) is 14.2 Å². The highest BCUT2D eigenvalue weighted by Gasteiger charge is 2.42. The van der Waals surface area contributed by atoms with Crippen LogP contribution in [0.15, 0.2) is 36.4 Å². The van der Waals surface area contributed by atoms with E-state index >= 15 is 0 Å². The molecular weight excluding hydrogens is 314 g/mol. The van der Waals surface area contributed by atoms with Gasteiger partial charge in [-0.2, -0.15) is 0 Å². The maximum absolute atomic E-state index is 6.13. The Kier molecular flexibility index (Phi) is 4.30. The molecule has 4 nitrogen and oxygen atoms in total. The number of nitrogens with one attached hydrogen (secondary N) is 1. The minimum absolute atomic E-state index is 0.140. The molecule has 1 fully saturated rings. The lowest BCUT2D eigenvalue weighted by Gasteiger charge is -2.37. The van der Waals surface area contributed by atoms with E-state index in [1.54, 1.807) is 7.11 Å². The molecule has 2 aliphatic rings. The van der Waals surface area contributed by atoms with Crippen LogP contribution in [-0.4, -0.2) is 20.3 Å². The third-order valence-corrected chi connectivity index (χ3v) is 5.24. The van der Waals surface area contributed by atoms with E-state index < -0.39 is 0 Å². The highest BCUT2D eigenvalue weighted by Crippen LogP contribution is 2.52. The summed E-state index contributed by atoms with van der Waals surface area (Å²) in [6.45, 7) is 5.54. The largest absolute Gasteiger partial charge is 0.492 e. The summed E-state index contributed by atoms with van der Waals surface area (Å²) in [4.78, 5) is 0. The van der Waals surface area contributed by atoms with Crippen LogP contribution in [0.3, 0.4) is 0 Å². The lowest BCUT2D eigenvalue weighted by molar-refractivity contribution is 0.0826. The Morgan fingerprint density at radius 3 is 2.88 bits per heavy atom. The number of aryl methyl sites for hydroxylation is 1. The summed E-state index contributed by atoms with van der Waals surface area (Å²) in [5.74, 6) is 2.01. The number of hydrogen-bond donors (Lipinski definition) is 1. The van der Waals surface area contributed by atoms with Gasteiger partial charge in [0.15, 0.2) is 11.5 Å². The first-order valence-electron chi connectivity index (χ1n) is 9.01. The highest BCUT2D eigenvalue weighted by atomic mass is 16.5. The first kappa shape index (κ1) is 16.3. The molecule has 1 N–H and O–H groups in total. The number of rotatable bonds is 4. The second-order valence-corrected chi connectivity index (χ2v) is 6.77. The van der Waals surface area contributed by atoms with Crippen LogP contribution in [0.5, 0.6) is 11.5 Å². The third-order valence-electron chi connectivity index (χ3n) is 5.24. The van der Waals surface area contributed by atoms with Crippen molar-refractivity contribution in [3.63, 3.8) is 0 Å². The van der Waals surface area contributed by atoms with Gasteiger partial charge in [0, 0.05) is 29.3 Å². The molecule has 0 bridgehead atoms. The Morgan fingerprint density at radius 2 is 2.08 bits per heavy atom. The molecule has 4 heteroatoms. The molecule has 1 saturated heterocycles. The number of anilines is 1. The lowest BCUT2D eigenvalue weighted by Crippen LogP contribution is -2.29. The van der Waals surface area contributed by atoms with Gasteiger partial charge in [-0.25, -0.2) is 0 Å². The van der Waals surface area contributed by atoms with E-state index in [2.05, 4.69) is 36.5 Å². The lowest BCUT2D eigenvalue weighted by atomic mass is 9.80. The summed E-state index contributed by atoms with van der Waals surface area (Å²) in [7, 11) is 1.71. The van der Waals surface area contributed by atoms with E-state index in [1.165, 1.54) is 11.1 Å². The molecule has 1 unspecified atom stereocenters. The van der Waals surface area contributed by atoms with Crippen molar-refractivity contribution in [2.75, 3.05) is 25.6 Å². The molecule has 2 heterocycles. The minimum Gasteiger partial charge on any atom is -0.492 e. The first-order chi connectivity index (χ1) is 12.2. The fourth-order valence-electron chi connectivity index (χ4n) is 4.17. The number of methoxy groups -OCH3 is 1. The SMILES string of the molecule is CCOc1cccc(C2Nc3ccc(C)cc3[C@H]3OCC[C@@H]23)c1OC. The van der Waals surface area contributed by atoms with Gasteiger partial charge in [-0.3, -0.25) is 0 Å². The number of ether oxygens (including phenoxy) is 3. The van der Waals surface area contributed by atoms with Gasteiger partial charge in [0.1, 0.15) is 0 Å². The van der Waals surface area contributed by atoms with Gasteiger partial charge < -0.3 is 19.5 Å². The van der Waals surface area contributed by atoms with E-state index in [1.807, 2.05) is 19.1 Å². The maximum atomic E-state index is 6.13. The molecule has 0 aromatic heterocycles. The Hall–Kier alpha value is -2.20. The molecule has 2 aromatic carbocycles. The Bertz CT molecular complexity index is 774. The zero-order valence-electron chi connectivity index (χ0n) is 15.0. The van der Waals surface area contributed by atoms with Crippen molar-refractivity contribution in [1.82, 2.24) is 0 Å². The summed E-state index contributed by atoms with van der Waals surface area (Å²) in [6.07, 6.45) is 1.18. The molecule has 132 valence electrons. The fraction of sp³-hybridized carbons (Fsp3) is 0.429. The molecule has 0 radical (unpaired) electrons. The Balaban J connectivity index is 1.79. The minimum atomic E-state index is 0.140. The summed E-state index contributed by atoms with van der Waals surface area (Å²) in [6, 6.07) is 12.8. The fourth-order valence-corrected chi connectivity index (χ4v) is 4.17. The maximum Gasteiger partial charge on any atom is 0.165 e. The number of benzene rings is 2. The van der Waals surface area contributed by atoms with Crippen LogP contribution in [0, 0.1) is 12.8 Å². The van der Waals surface area contributed by atoms with Gasteiger partial charge in [-0.15, -0.1) is 0 Å². The molecule has 0 amide bonds. The van der Waals surface area contributed by atoms with Crippen LogP contribution in [0.2, 0.25) is 0 Å². The molecule has 4 rings (SSSR count). The highest BCUT2D eigenvalue weighted by molar-refractivity contribution is 5.60. The standard InChI is InChI=1S/C21H25NO3/c1-4-24-18-7-5-6-14(21(18)23-3)19-15-10-11-25-20(15)16-12-13(2)8-9-17(16)22-19/h5-9,12,15,19-20,22H,4,10-11H2,1-3H3/t15-,19?,20-/m0/s1. The average molecular weight is 339 g/mol. The molecule has 2 aliphatic heterocycles. The Labute approximate surface area is 149 Å². The van der Waals surface area contributed by atoms with Crippen LogP contribution in [0.25, 0.3) is 0 Å². The van der Waals surface area contributed by atoms with Crippen LogP contribution in [0.1, 0.15) is 42.2 Å². The molecule has 3 atom stereocenters. The van der Waals surface area contributed by atoms with Crippen molar-refractivity contribution < 1.29 is 14.2 Å². The van der Waals surface area contributed by atoms with Crippen molar-refractivity contribution in [2.24, 2.45) is 5.92 Å². The van der Waals surface area contributed by atoms with Gasteiger partial charge >= 0.3 is 0 Å². The molecule has 0 saturated carbocycles. The summed E-state index contributed by atoms with van der Waals surface area (Å²) in [5.41, 5.74) is 4.84. The number of hydrogen-bond acceptors (Lipinski definition) is 4. The van der Waals surface area contributed by atoms with E-state index in [0.29, 0.717) is 12.5 Å².